The Kier molecular flexibility index (Phi) is 3.65. The zero-order valence-electron chi connectivity index (χ0n) is 11.2. The third kappa shape index (κ3) is 2.51. The lowest BCUT2D eigenvalue weighted by Crippen LogP contribution is -2.33. The number of carbonyl (C=O) groups is 1. The number of nitrogens with one attached hydrogen (secondary N) is 1. The Morgan fingerprint density at radius 2 is 2.15 bits per heavy atom. The number of hydrogen-bond donors (Lipinski definition) is 2. The quantitative estimate of drug-likeness (QED) is 0.898. The van der Waals surface area contributed by atoms with Gasteiger partial charge in [0.15, 0.2) is 0 Å². The summed E-state index contributed by atoms with van der Waals surface area (Å²) in [7, 11) is 0. The van der Waals surface area contributed by atoms with Crippen molar-refractivity contribution in [1.29, 1.82) is 0 Å². The molecular weight excluding hydrogens is 252 g/mol. The van der Waals surface area contributed by atoms with E-state index in [0.29, 0.717) is 12.2 Å². The van der Waals surface area contributed by atoms with Crippen molar-refractivity contribution in [1.82, 2.24) is 10.3 Å². The minimum Gasteiger partial charge on any atom is -0.393 e. The van der Waals surface area contributed by atoms with Gasteiger partial charge in [-0.1, -0.05) is 30.7 Å². The van der Waals surface area contributed by atoms with Gasteiger partial charge in [0.2, 0.25) is 0 Å². The fourth-order valence-corrected chi connectivity index (χ4v) is 2.86. The van der Waals surface area contributed by atoms with Crippen LogP contribution in [0.4, 0.5) is 0 Å². The van der Waals surface area contributed by atoms with Crippen LogP contribution in [-0.2, 0) is 0 Å². The molecule has 0 radical (unpaired) electrons. The fourth-order valence-electron chi connectivity index (χ4n) is 2.86. The monoisotopic (exact) mass is 270 g/mol. The topological polar surface area (TPSA) is 62.2 Å². The van der Waals surface area contributed by atoms with E-state index < -0.39 is 0 Å². The SMILES string of the molecule is O=C(NCC1CCCC1O)c1nccc2ccccc12. The number of aromatic nitrogens is 1. The summed E-state index contributed by atoms with van der Waals surface area (Å²) in [5.74, 6) is 0.00910. The van der Waals surface area contributed by atoms with Crippen molar-refractivity contribution in [3.63, 3.8) is 0 Å². The molecule has 1 saturated carbocycles. The lowest BCUT2D eigenvalue weighted by atomic mass is 10.1. The van der Waals surface area contributed by atoms with Crippen LogP contribution in [0.15, 0.2) is 36.5 Å². The zero-order chi connectivity index (χ0) is 13.9. The predicted molar refractivity (Wildman–Crippen MR) is 77.4 cm³/mol. The molecule has 2 aromatic rings. The van der Waals surface area contributed by atoms with Crippen molar-refractivity contribution < 1.29 is 9.90 Å². The van der Waals surface area contributed by atoms with Crippen molar-refractivity contribution in [2.75, 3.05) is 6.54 Å². The fraction of sp³-hybridized carbons (Fsp3) is 0.375. The summed E-state index contributed by atoms with van der Waals surface area (Å²) in [4.78, 5) is 16.5. The van der Waals surface area contributed by atoms with Crippen molar-refractivity contribution in [2.45, 2.75) is 25.4 Å². The molecule has 0 aliphatic heterocycles. The maximum atomic E-state index is 12.3. The van der Waals surface area contributed by atoms with E-state index in [1.54, 1.807) is 6.20 Å². The van der Waals surface area contributed by atoms with E-state index in [-0.39, 0.29) is 17.9 Å². The molecule has 1 heterocycles. The highest BCUT2D eigenvalue weighted by Crippen LogP contribution is 2.24. The van der Waals surface area contributed by atoms with Gasteiger partial charge in [-0.3, -0.25) is 9.78 Å². The highest BCUT2D eigenvalue weighted by molar-refractivity contribution is 6.05. The molecule has 0 saturated heterocycles. The van der Waals surface area contributed by atoms with E-state index in [0.717, 1.165) is 30.0 Å². The first-order valence-electron chi connectivity index (χ1n) is 7.06. The van der Waals surface area contributed by atoms with Crippen LogP contribution in [0.2, 0.25) is 0 Å². The molecule has 20 heavy (non-hydrogen) atoms. The first-order chi connectivity index (χ1) is 9.75. The first-order valence-corrected chi connectivity index (χ1v) is 7.06. The molecule has 104 valence electrons. The van der Waals surface area contributed by atoms with Gasteiger partial charge in [-0.2, -0.15) is 0 Å². The van der Waals surface area contributed by atoms with Crippen molar-refractivity contribution in [2.24, 2.45) is 5.92 Å². The number of amides is 1. The van der Waals surface area contributed by atoms with Crippen molar-refractivity contribution in [3.05, 3.63) is 42.2 Å². The van der Waals surface area contributed by atoms with Gasteiger partial charge < -0.3 is 10.4 Å². The molecule has 2 atom stereocenters. The normalized spacial score (nSPS) is 22.1. The maximum Gasteiger partial charge on any atom is 0.270 e. The third-order valence-corrected chi connectivity index (χ3v) is 4.03. The Morgan fingerprint density at radius 1 is 1.30 bits per heavy atom. The molecule has 4 heteroatoms. The molecule has 1 aliphatic carbocycles. The molecule has 2 unspecified atom stereocenters. The smallest absolute Gasteiger partial charge is 0.270 e. The highest BCUT2D eigenvalue weighted by atomic mass is 16.3. The summed E-state index contributed by atoms with van der Waals surface area (Å²) < 4.78 is 0. The minimum absolute atomic E-state index is 0.166. The molecule has 1 fully saturated rings. The first kappa shape index (κ1) is 13.1. The second kappa shape index (κ2) is 5.59. The summed E-state index contributed by atoms with van der Waals surface area (Å²) in [5, 5.41) is 14.5. The molecule has 4 nitrogen and oxygen atoms in total. The Morgan fingerprint density at radius 3 is 2.95 bits per heavy atom. The summed E-state index contributed by atoms with van der Waals surface area (Å²) >= 11 is 0. The van der Waals surface area contributed by atoms with Crippen LogP contribution in [-0.4, -0.2) is 28.6 Å². The molecular formula is C16H18N2O2. The standard InChI is InChI=1S/C16H18N2O2/c19-14-7-3-5-12(14)10-18-16(20)15-13-6-2-1-4-11(13)8-9-17-15/h1-2,4,6,8-9,12,14,19H,3,5,7,10H2,(H,18,20). The summed E-state index contributed by atoms with van der Waals surface area (Å²) in [6.07, 6.45) is 4.23. The number of benzene rings is 1. The van der Waals surface area contributed by atoms with E-state index >= 15 is 0 Å². The Balaban J connectivity index is 1.75. The van der Waals surface area contributed by atoms with Crippen LogP contribution in [0.25, 0.3) is 10.8 Å². The van der Waals surface area contributed by atoms with Crippen LogP contribution in [0, 0.1) is 5.92 Å². The molecule has 0 spiro atoms. The molecule has 1 aliphatic rings. The average molecular weight is 270 g/mol. The van der Waals surface area contributed by atoms with Crippen LogP contribution in [0.3, 0.4) is 0 Å². The molecule has 2 N–H and O–H groups in total. The number of rotatable bonds is 3. The minimum atomic E-state index is -0.282. The number of aliphatic hydroxyl groups is 1. The van der Waals surface area contributed by atoms with E-state index in [4.69, 9.17) is 0 Å². The van der Waals surface area contributed by atoms with Gasteiger partial charge in [0.05, 0.1) is 6.10 Å². The molecule has 1 aromatic carbocycles. The second-order valence-corrected chi connectivity index (χ2v) is 5.35. The number of hydrogen-bond acceptors (Lipinski definition) is 3. The van der Waals surface area contributed by atoms with Crippen LogP contribution in [0.1, 0.15) is 29.8 Å². The van der Waals surface area contributed by atoms with E-state index in [2.05, 4.69) is 10.3 Å². The summed E-state index contributed by atoms with van der Waals surface area (Å²) in [6, 6.07) is 9.61. The van der Waals surface area contributed by atoms with Crippen molar-refractivity contribution in [3.8, 4) is 0 Å². The Labute approximate surface area is 117 Å². The van der Waals surface area contributed by atoms with Gasteiger partial charge >= 0.3 is 0 Å². The lowest BCUT2D eigenvalue weighted by molar-refractivity contribution is 0.0914. The molecule has 1 amide bonds. The van der Waals surface area contributed by atoms with Crippen LogP contribution in [0.5, 0.6) is 0 Å². The number of nitrogens with zero attached hydrogens (tertiary/aromatic N) is 1. The molecule has 0 bridgehead atoms. The van der Waals surface area contributed by atoms with E-state index in [1.807, 2.05) is 30.3 Å². The third-order valence-electron chi connectivity index (χ3n) is 4.03. The summed E-state index contributed by atoms with van der Waals surface area (Å²) in [5.41, 5.74) is 0.454. The number of pyridine rings is 1. The maximum absolute atomic E-state index is 12.3. The van der Waals surface area contributed by atoms with Gasteiger partial charge in [0, 0.05) is 24.0 Å². The van der Waals surface area contributed by atoms with Crippen LogP contribution < -0.4 is 5.32 Å². The number of fused-ring (bicyclic) bond motifs is 1. The van der Waals surface area contributed by atoms with Gasteiger partial charge in [0.1, 0.15) is 5.69 Å². The summed E-state index contributed by atoms with van der Waals surface area (Å²) in [6.45, 7) is 0.519. The van der Waals surface area contributed by atoms with E-state index in [1.165, 1.54) is 0 Å². The van der Waals surface area contributed by atoms with Gasteiger partial charge in [-0.15, -0.1) is 0 Å². The van der Waals surface area contributed by atoms with Crippen molar-refractivity contribution >= 4 is 16.7 Å². The number of aliphatic hydroxyl groups excluding tert-OH is 1. The Bertz CT molecular complexity index is 621. The second-order valence-electron chi connectivity index (χ2n) is 5.35. The van der Waals surface area contributed by atoms with Gasteiger partial charge in [0.25, 0.3) is 5.91 Å². The number of carbonyl (C=O) groups excluding carboxylic acids is 1. The average Bonchev–Trinajstić information content (AvgIpc) is 2.89. The lowest BCUT2D eigenvalue weighted by Gasteiger charge is -2.15. The van der Waals surface area contributed by atoms with Crippen LogP contribution >= 0.6 is 0 Å². The Hall–Kier alpha value is -1.94. The van der Waals surface area contributed by atoms with Gasteiger partial charge in [-0.25, -0.2) is 0 Å². The van der Waals surface area contributed by atoms with E-state index in [9.17, 15) is 9.90 Å². The van der Waals surface area contributed by atoms with Gasteiger partial charge in [-0.05, 0) is 24.3 Å². The zero-order valence-corrected chi connectivity index (χ0v) is 11.2. The largest absolute Gasteiger partial charge is 0.393 e. The predicted octanol–water partition coefficient (Wildman–Crippen LogP) is 2.13. The molecule has 1 aromatic heterocycles. The highest BCUT2D eigenvalue weighted by Gasteiger charge is 2.25. The molecule has 3 rings (SSSR count).